The van der Waals surface area contributed by atoms with Crippen molar-refractivity contribution in [2.45, 2.75) is 59.2 Å². The molecule has 0 aliphatic heterocycles. The van der Waals surface area contributed by atoms with Gasteiger partial charge in [-0.1, -0.05) is 20.8 Å². The Hall–Kier alpha value is -0.370. The van der Waals surface area contributed by atoms with Gasteiger partial charge < -0.3 is 4.74 Å². The van der Waals surface area contributed by atoms with Crippen LogP contribution in [0.3, 0.4) is 0 Å². The normalized spacial score (nSPS) is 35.7. The molecule has 76 valence electrons. The van der Waals surface area contributed by atoms with Gasteiger partial charge in [0.2, 0.25) is 0 Å². The van der Waals surface area contributed by atoms with Crippen molar-refractivity contribution in [3.8, 4) is 0 Å². The van der Waals surface area contributed by atoms with Crippen LogP contribution in [0.25, 0.3) is 0 Å². The quantitative estimate of drug-likeness (QED) is 0.671. The third-order valence-corrected chi connectivity index (χ3v) is 3.42. The molecule has 0 aromatic heterocycles. The summed E-state index contributed by atoms with van der Waals surface area (Å²) in [5.41, 5.74) is -0.191. The van der Waals surface area contributed by atoms with Crippen LogP contribution in [0.4, 0.5) is 0 Å². The molecule has 0 heterocycles. The molecule has 0 saturated heterocycles. The molecular formula is C11H20O2. The molecule has 0 spiro atoms. The van der Waals surface area contributed by atoms with Crippen LogP contribution < -0.4 is 0 Å². The molecule has 0 N–H and O–H groups in total. The van der Waals surface area contributed by atoms with Gasteiger partial charge in [0, 0.05) is 6.42 Å². The first-order chi connectivity index (χ1) is 6.04. The average Bonchev–Trinajstić information content (AvgIpc) is 2.15. The molecular weight excluding hydrogens is 164 g/mol. The molecule has 1 saturated carbocycles. The van der Waals surface area contributed by atoms with Crippen LogP contribution in [-0.4, -0.2) is 18.0 Å². The molecule has 13 heavy (non-hydrogen) atoms. The Morgan fingerprint density at radius 3 is 2.62 bits per heavy atom. The van der Waals surface area contributed by atoms with E-state index in [-0.39, 0.29) is 17.6 Å². The lowest BCUT2D eigenvalue weighted by Gasteiger charge is -2.45. The van der Waals surface area contributed by atoms with Gasteiger partial charge in [0.1, 0.15) is 5.78 Å². The molecule has 3 atom stereocenters. The van der Waals surface area contributed by atoms with Gasteiger partial charge in [-0.3, -0.25) is 4.79 Å². The van der Waals surface area contributed by atoms with Crippen LogP contribution in [-0.2, 0) is 9.53 Å². The zero-order valence-electron chi connectivity index (χ0n) is 9.09. The highest BCUT2D eigenvalue weighted by Crippen LogP contribution is 2.42. The minimum atomic E-state index is -0.191. The van der Waals surface area contributed by atoms with E-state index in [0.29, 0.717) is 12.2 Å². The topological polar surface area (TPSA) is 26.3 Å². The van der Waals surface area contributed by atoms with Gasteiger partial charge in [-0.2, -0.15) is 0 Å². The molecule has 0 bridgehead atoms. The van der Waals surface area contributed by atoms with Crippen LogP contribution >= 0.6 is 0 Å². The van der Waals surface area contributed by atoms with E-state index in [9.17, 15) is 4.79 Å². The minimum absolute atomic E-state index is 0.167. The van der Waals surface area contributed by atoms with Crippen molar-refractivity contribution in [2.24, 2.45) is 5.41 Å². The summed E-state index contributed by atoms with van der Waals surface area (Å²) in [4.78, 5) is 11.4. The number of Topliss-reactive ketones (excluding diaryl/α,β-unsaturated/α-hetero) is 1. The maximum absolute atomic E-state index is 11.4. The molecule has 1 aliphatic carbocycles. The molecule has 1 rings (SSSR count). The molecule has 2 nitrogen and oxygen atoms in total. The number of hydrogen-bond acceptors (Lipinski definition) is 2. The molecule has 0 radical (unpaired) electrons. The summed E-state index contributed by atoms with van der Waals surface area (Å²) in [5.74, 6) is 0.364. The number of carbonyl (C=O) groups is 1. The van der Waals surface area contributed by atoms with Gasteiger partial charge in [0.05, 0.1) is 17.6 Å². The van der Waals surface area contributed by atoms with Gasteiger partial charge in [-0.15, -0.1) is 0 Å². The number of ether oxygens (including phenoxy) is 1. The molecule has 0 amide bonds. The lowest BCUT2D eigenvalue weighted by molar-refractivity contribution is -0.168. The van der Waals surface area contributed by atoms with Gasteiger partial charge in [-0.05, 0) is 19.8 Å². The fourth-order valence-corrected chi connectivity index (χ4v) is 1.68. The number of rotatable bonds is 4. The predicted molar refractivity (Wildman–Crippen MR) is 52.6 cm³/mol. The van der Waals surface area contributed by atoms with E-state index in [0.717, 1.165) is 12.8 Å². The molecule has 3 unspecified atom stereocenters. The fraction of sp³-hybridized carbons (Fsp3) is 0.909. The monoisotopic (exact) mass is 184 g/mol. The molecule has 2 heteroatoms. The SMILES string of the molecule is CCC(C)OC1CC(=O)C1(C)CC. The van der Waals surface area contributed by atoms with E-state index in [1.54, 1.807) is 0 Å². The van der Waals surface area contributed by atoms with Crippen LogP contribution in [0.15, 0.2) is 0 Å². The van der Waals surface area contributed by atoms with E-state index in [2.05, 4.69) is 20.8 Å². The van der Waals surface area contributed by atoms with E-state index in [1.807, 2.05) is 6.92 Å². The predicted octanol–water partition coefficient (Wildman–Crippen LogP) is 2.56. The maximum atomic E-state index is 11.4. The third kappa shape index (κ3) is 1.78. The Kier molecular flexibility index (Phi) is 3.12. The van der Waals surface area contributed by atoms with Crippen LogP contribution in [0.1, 0.15) is 47.0 Å². The second-order valence-electron chi connectivity index (χ2n) is 4.24. The highest BCUT2D eigenvalue weighted by Gasteiger charge is 2.50. The van der Waals surface area contributed by atoms with E-state index in [4.69, 9.17) is 4.74 Å². The van der Waals surface area contributed by atoms with Crippen molar-refractivity contribution in [1.29, 1.82) is 0 Å². The summed E-state index contributed by atoms with van der Waals surface area (Å²) in [6.45, 7) is 8.25. The Balaban J connectivity index is 2.50. The lowest BCUT2D eigenvalue weighted by atomic mass is 9.64. The van der Waals surface area contributed by atoms with Crippen molar-refractivity contribution in [2.75, 3.05) is 0 Å². The van der Waals surface area contributed by atoms with E-state index in [1.165, 1.54) is 0 Å². The number of carbonyl (C=O) groups excluding carboxylic acids is 1. The van der Waals surface area contributed by atoms with E-state index < -0.39 is 0 Å². The smallest absolute Gasteiger partial charge is 0.143 e. The zero-order chi connectivity index (χ0) is 10.1. The average molecular weight is 184 g/mol. The molecule has 1 aliphatic rings. The minimum Gasteiger partial charge on any atom is -0.374 e. The van der Waals surface area contributed by atoms with Crippen molar-refractivity contribution >= 4 is 5.78 Å². The van der Waals surface area contributed by atoms with Gasteiger partial charge in [0.25, 0.3) is 0 Å². The molecule has 0 aromatic rings. The molecule has 1 fully saturated rings. The number of ketones is 1. The van der Waals surface area contributed by atoms with Crippen molar-refractivity contribution in [3.63, 3.8) is 0 Å². The van der Waals surface area contributed by atoms with Gasteiger partial charge >= 0.3 is 0 Å². The highest BCUT2D eigenvalue weighted by molar-refractivity contribution is 5.91. The van der Waals surface area contributed by atoms with Crippen LogP contribution in [0.5, 0.6) is 0 Å². The third-order valence-electron chi connectivity index (χ3n) is 3.42. The Morgan fingerprint density at radius 2 is 2.23 bits per heavy atom. The summed E-state index contributed by atoms with van der Waals surface area (Å²) >= 11 is 0. The second-order valence-corrected chi connectivity index (χ2v) is 4.24. The Bertz CT molecular complexity index is 200. The highest BCUT2D eigenvalue weighted by atomic mass is 16.5. The lowest BCUT2D eigenvalue weighted by Crippen LogP contribution is -2.53. The summed E-state index contributed by atoms with van der Waals surface area (Å²) in [7, 11) is 0. The van der Waals surface area contributed by atoms with Crippen LogP contribution in [0, 0.1) is 5.41 Å². The number of hydrogen-bond donors (Lipinski definition) is 0. The summed E-state index contributed by atoms with van der Waals surface area (Å²) in [5, 5.41) is 0. The van der Waals surface area contributed by atoms with Gasteiger partial charge in [0.15, 0.2) is 0 Å². The van der Waals surface area contributed by atoms with E-state index >= 15 is 0 Å². The van der Waals surface area contributed by atoms with Crippen molar-refractivity contribution in [3.05, 3.63) is 0 Å². The Labute approximate surface area is 80.7 Å². The molecule has 0 aromatic carbocycles. The second kappa shape index (κ2) is 3.79. The Morgan fingerprint density at radius 1 is 1.62 bits per heavy atom. The first kappa shape index (κ1) is 10.7. The van der Waals surface area contributed by atoms with Gasteiger partial charge in [-0.25, -0.2) is 0 Å². The fourth-order valence-electron chi connectivity index (χ4n) is 1.68. The van der Waals surface area contributed by atoms with Crippen molar-refractivity contribution < 1.29 is 9.53 Å². The first-order valence-electron chi connectivity index (χ1n) is 5.23. The largest absolute Gasteiger partial charge is 0.374 e. The first-order valence-corrected chi connectivity index (χ1v) is 5.23. The summed E-state index contributed by atoms with van der Waals surface area (Å²) in [6, 6.07) is 0. The standard InChI is InChI=1S/C11H20O2/c1-5-8(3)13-10-7-9(12)11(10,4)6-2/h8,10H,5-7H2,1-4H3. The van der Waals surface area contributed by atoms with Crippen LogP contribution in [0.2, 0.25) is 0 Å². The zero-order valence-corrected chi connectivity index (χ0v) is 9.09. The summed E-state index contributed by atoms with van der Waals surface area (Å²) < 4.78 is 5.79. The maximum Gasteiger partial charge on any atom is 0.143 e. The van der Waals surface area contributed by atoms with Crippen molar-refractivity contribution in [1.82, 2.24) is 0 Å². The summed E-state index contributed by atoms with van der Waals surface area (Å²) in [6.07, 6.45) is 2.98.